The van der Waals surface area contributed by atoms with E-state index in [4.69, 9.17) is 0 Å². The molecular weight excluding hydrogens is 246 g/mol. The number of thiol groups is 1. The normalized spacial score (nSPS) is 12.9. The Balaban J connectivity index is 2.02. The summed E-state index contributed by atoms with van der Waals surface area (Å²) >= 11 is 5.79. The van der Waals surface area contributed by atoms with Gasteiger partial charge in [0, 0.05) is 5.38 Å². The Morgan fingerprint density at radius 1 is 1.73 bits per heavy atom. The van der Waals surface area contributed by atoms with Gasteiger partial charge in [-0.2, -0.15) is 5.10 Å². The number of hydrogen-bond donors (Lipinski definition) is 2. The average molecular weight is 258 g/mol. The molecule has 3 nitrogen and oxygen atoms in total. The molecule has 15 heavy (non-hydrogen) atoms. The maximum Gasteiger partial charge on any atom is 0.209 e. The van der Waals surface area contributed by atoms with Crippen LogP contribution in [0.1, 0.15) is 18.5 Å². The summed E-state index contributed by atoms with van der Waals surface area (Å²) in [6.07, 6.45) is 4.01. The molecule has 0 aromatic carbocycles. The number of H-pyrrole nitrogens is 1. The molecule has 0 spiro atoms. The third-order valence-corrected chi connectivity index (χ3v) is 3.86. The number of aromatic amines is 1. The summed E-state index contributed by atoms with van der Waals surface area (Å²) in [5.74, 6) is 0.428. The monoisotopic (exact) mass is 258 g/mol. The highest BCUT2D eigenvalue weighted by molar-refractivity contribution is 8.68. The van der Waals surface area contributed by atoms with Gasteiger partial charge < -0.3 is 0 Å². The molecule has 1 atom stereocenters. The quantitative estimate of drug-likeness (QED) is 0.502. The van der Waals surface area contributed by atoms with Crippen molar-refractivity contribution in [2.24, 2.45) is 0 Å². The van der Waals surface area contributed by atoms with Crippen molar-refractivity contribution in [1.29, 1.82) is 0 Å². The fourth-order valence-corrected chi connectivity index (χ4v) is 2.64. The number of thiazole rings is 1. The lowest BCUT2D eigenvalue weighted by Gasteiger charge is -2.01. The smallest absolute Gasteiger partial charge is 0.209 e. The van der Waals surface area contributed by atoms with Gasteiger partial charge in [-0.3, -0.25) is 0 Å². The standard InChI is InChI=1S/C9H11N3S3/c1-7(9-5-14-6-10-9)3-12-4-8(15-13)2-11-12/h2,4-7,13H,3H2,1H3/p+1. The van der Waals surface area contributed by atoms with Crippen LogP contribution in [0.3, 0.4) is 0 Å². The third-order valence-electron chi connectivity index (χ3n) is 2.19. The molecule has 0 saturated heterocycles. The van der Waals surface area contributed by atoms with Crippen LogP contribution in [-0.4, -0.2) is 10.1 Å². The van der Waals surface area contributed by atoms with Gasteiger partial charge in [0.05, 0.1) is 23.3 Å². The van der Waals surface area contributed by atoms with Crippen LogP contribution < -0.4 is 4.68 Å². The number of rotatable bonds is 4. The van der Waals surface area contributed by atoms with Gasteiger partial charge in [0.25, 0.3) is 0 Å². The zero-order chi connectivity index (χ0) is 10.7. The van der Waals surface area contributed by atoms with Gasteiger partial charge in [-0.05, 0) is 0 Å². The fraction of sp³-hybridized carbons (Fsp3) is 0.333. The molecule has 1 unspecified atom stereocenters. The number of aromatic nitrogens is 3. The first kappa shape index (κ1) is 11.0. The summed E-state index contributed by atoms with van der Waals surface area (Å²) in [6.45, 7) is 3.09. The molecule has 6 heteroatoms. The SMILES string of the molecule is CC(C[n+]1cc(SS)c[nH]1)c1cscn1. The first-order valence-electron chi connectivity index (χ1n) is 4.57. The van der Waals surface area contributed by atoms with Gasteiger partial charge in [-0.1, -0.05) is 17.7 Å². The van der Waals surface area contributed by atoms with E-state index in [9.17, 15) is 0 Å². The van der Waals surface area contributed by atoms with Gasteiger partial charge in [-0.25, -0.2) is 4.98 Å². The molecule has 0 amide bonds. The van der Waals surface area contributed by atoms with Crippen LogP contribution in [0.15, 0.2) is 28.2 Å². The van der Waals surface area contributed by atoms with Crippen LogP contribution in [0, 0.1) is 0 Å². The van der Waals surface area contributed by atoms with Crippen molar-refractivity contribution >= 4 is 33.8 Å². The van der Waals surface area contributed by atoms with E-state index < -0.39 is 0 Å². The molecular formula is C9H12N3S3+. The molecule has 0 saturated carbocycles. The first-order chi connectivity index (χ1) is 7.29. The van der Waals surface area contributed by atoms with Crippen LogP contribution in [0.25, 0.3) is 0 Å². The Kier molecular flexibility index (Phi) is 3.71. The minimum atomic E-state index is 0.428. The van der Waals surface area contributed by atoms with Crippen molar-refractivity contribution < 1.29 is 4.68 Å². The molecule has 2 heterocycles. The maximum atomic E-state index is 4.31. The lowest BCUT2D eigenvalue weighted by molar-refractivity contribution is -0.752. The average Bonchev–Trinajstić information content (AvgIpc) is 2.87. The Morgan fingerprint density at radius 2 is 2.60 bits per heavy atom. The summed E-state index contributed by atoms with van der Waals surface area (Å²) in [4.78, 5) is 5.44. The Labute approximate surface area is 102 Å². The van der Waals surface area contributed by atoms with E-state index in [1.807, 2.05) is 11.7 Å². The molecule has 0 aliphatic rings. The summed E-state index contributed by atoms with van der Waals surface area (Å²) < 4.78 is 2.06. The van der Waals surface area contributed by atoms with Gasteiger partial charge in [0.15, 0.2) is 6.54 Å². The highest BCUT2D eigenvalue weighted by Gasteiger charge is 2.15. The summed E-state index contributed by atoms with van der Waals surface area (Å²) in [7, 11) is 1.44. The summed E-state index contributed by atoms with van der Waals surface area (Å²) in [6, 6.07) is 0. The van der Waals surface area contributed by atoms with Crippen LogP contribution in [0.5, 0.6) is 0 Å². The fourth-order valence-electron chi connectivity index (χ4n) is 1.38. The second-order valence-electron chi connectivity index (χ2n) is 3.36. The molecule has 1 N–H and O–H groups in total. The van der Waals surface area contributed by atoms with Crippen LogP contribution in [-0.2, 0) is 6.54 Å². The predicted molar refractivity (Wildman–Crippen MR) is 66.4 cm³/mol. The van der Waals surface area contributed by atoms with E-state index in [0.717, 1.165) is 17.1 Å². The first-order valence-corrected chi connectivity index (χ1v) is 7.38. The summed E-state index contributed by atoms with van der Waals surface area (Å²) in [5, 5.41) is 5.27. The minimum absolute atomic E-state index is 0.428. The largest absolute Gasteiger partial charge is 0.249 e. The van der Waals surface area contributed by atoms with Gasteiger partial charge in [0.1, 0.15) is 4.90 Å². The second kappa shape index (κ2) is 5.05. The molecule has 2 rings (SSSR count). The van der Waals surface area contributed by atoms with Crippen molar-refractivity contribution in [3.8, 4) is 0 Å². The Hall–Kier alpha value is -0.460. The molecule has 80 valence electrons. The van der Waals surface area contributed by atoms with Crippen LogP contribution in [0.2, 0.25) is 0 Å². The Bertz CT molecular complexity index is 410. The van der Waals surface area contributed by atoms with Gasteiger partial charge in [0.2, 0.25) is 6.20 Å². The van der Waals surface area contributed by atoms with Crippen molar-refractivity contribution in [2.45, 2.75) is 24.3 Å². The van der Waals surface area contributed by atoms with Crippen molar-refractivity contribution in [3.63, 3.8) is 0 Å². The van der Waals surface area contributed by atoms with Crippen LogP contribution >= 0.6 is 33.8 Å². The zero-order valence-corrected chi connectivity index (χ0v) is 10.8. The van der Waals surface area contributed by atoms with Crippen molar-refractivity contribution in [2.75, 3.05) is 0 Å². The van der Waals surface area contributed by atoms with E-state index in [1.54, 1.807) is 11.3 Å². The molecule has 0 radical (unpaired) electrons. The van der Waals surface area contributed by atoms with E-state index in [0.29, 0.717) is 5.92 Å². The molecule has 2 aromatic heterocycles. The van der Waals surface area contributed by atoms with E-state index in [-0.39, 0.29) is 0 Å². The molecule has 0 aliphatic heterocycles. The van der Waals surface area contributed by atoms with Gasteiger partial charge >= 0.3 is 0 Å². The lowest BCUT2D eigenvalue weighted by atomic mass is 10.1. The molecule has 2 aromatic rings. The second-order valence-corrected chi connectivity index (χ2v) is 5.28. The highest BCUT2D eigenvalue weighted by Crippen LogP contribution is 2.19. The minimum Gasteiger partial charge on any atom is -0.249 e. The third kappa shape index (κ3) is 2.76. The zero-order valence-electron chi connectivity index (χ0n) is 8.25. The molecule has 0 aliphatic carbocycles. The molecule has 0 bridgehead atoms. The van der Waals surface area contributed by atoms with E-state index >= 15 is 0 Å². The van der Waals surface area contributed by atoms with E-state index in [2.05, 4.69) is 44.9 Å². The maximum absolute atomic E-state index is 4.31. The van der Waals surface area contributed by atoms with E-state index in [1.165, 1.54) is 10.8 Å². The van der Waals surface area contributed by atoms with Gasteiger partial charge in [-0.15, -0.1) is 27.7 Å². The number of nitrogens with zero attached hydrogens (tertiary/aromatic N) is 2. The topological polar surface area (TPSA) is 32.6 Å². The van der Waals surface area contributed by atoms with Crippen molar-refractivity contribution in [3.05, 3.63) is 29.0 Å². The van der Waals surface area contributed by atoms with Crippen LogP contribution in [0.4, 0.5) is 0 Å². The predicted octanol–water partition coefficient (Wildman–Crippen LogP) is 2.50. The summed E-state index contributed by atoms with van der Waals surface area (Å²) in [5.41, 5.74) is 3.03. The van der Waals surface area contributed by atoms with Crippen molar-refractivity contribution in [1.82, 2.24) is 10.1 Å². The molecule has 0 fully saturated rings. The Morgan fingerprint density at radius 3 is 3.20 bits per heavy atom. The number of hydrogen-bond acceptors (Lipinski definition) is 4. The highest BCUT2D eigenvalue weighted by atomic mass is 33.1. The number of nitrogens with one attached hydrogen (secondary N) is 1. The lowest BCUT2D eigenvalue weighted by Crippen LogP contribution is -2.37.